The van der Waals surface area contributed by atoms with Crippen LogP contribution in [0.1, 0.15) is 56.2 Å². The van der Waals surface area contributed by atoms with Gasteiger partial charge < -0.3 is 0 Å². The number of hydrogen-bond acceptors (Lipinski definition) is 0. The van der Waals surface area contributed by atoms with Crippen LogP contribution in [-0.2, 0) is 6.42 Å². The monoisotopic (exact) mass is 252 g/mol. The van der Waals surface area contributed by atoms with Crippen molar-refractivity contribution in [3.8, 4) is 0 Å². The van der Waals surface area contributed by atoms with Gasteiger partial charge in [-0.25, -0.2) is 0 Å². The molecule has 0 saturated carbocycles. The van der Waals surface area contributed by atoms with Crippen LogP contribution in [0, 0.1) is 11.8 Å². The zero-order valence-corrected chi connectivity index (χ0v) is 12.5. The van der Waals surface area contributed by atoms with Crippen molar-refractivity contribution in [2.45, 2.75) is 46.0 Å². The highest BCUT2D eigenvalue weighted by molar-refractivity contribution is 5.47. The lowest BCUT2D eigenvalue weighted by molar-refractivity contribution is 0.609. The van der Waals surface area contributed by atoms with Crippen molar-refractivity contribution < 1.29 is 0 Å². The minimum absolute atomic E-state index is 0.624. The van der Waals surface area contributed by atoms with E-state index in [1.54, 1.807) is 11.1 Å². The summed E-state index contributed by atoms with van der Waals surface area (Å²) in [4.78, 5) is 0. The molecule has 100 valence electrons. The number of fused-ring (bicyclic) bond motifs is 3. The van der Waals surface area contributed by atoms with Crippen molar-refractivity contribution in [3.63, 3.8) is 0 Å². The smallest absolute Gasteiger partial charge is 0.00901 e. The van der Waals surface area contributed by atoms with E-state index in [9.17, 15) is 0 Å². The number of rotatable bonds is 2. The highest BCUT2D eigenvalue weighted by Gasteiger charge is 2.31. The fourth-order valence-electron chi connectivity index (χ4n) is 3.41. The van der Waals surface area contributed by atoms with Gasteiger partial charge in [-0.05, 0) is 46.4 Å². The zero-order valence-electron chi connectivity index (χ0n) is 12.5. The molecule has 0 heterocycles. The maximum Gasteiger partial charge on any atom is 0.00901 e. The summed E-state index contributed by atoms with van der Waals surface area (Å²) >= 11 is 0. The molecule has 0 saturated heterocycles. The van der Waals surface area contributed by atoms with E-state index in [4.69, 9.17) is 0 Å². The molecule has 0 bridgehead atoms. The summed E-state index contributed by atoms with van der Waals surface area (Å²) in [7, 11) is 0. The van der Waals surface area contributed by atoms with Gasteiger partial charge in [0, 0.05) is 5.92 Å². The summed E-state index contributed by atoms with van der Waals surface area (Å²) in [6.45, 7) is 9.13. The Morgan fingerprint density at radius 1 is 1.05 bits per heavy atom. The van der Waals surface area contributed by atoms with Crippen LogP contribution in [0.4, 0.5) is 0 Å². The first-order chi connectivity index (χ1) is 9.06. The summed E-state index contributed by atoms with van der Waals surface area (Å²) in [5, 5.41) is 0. The number of hydrogen-bond donors (Lipinski definition) is 0. The van der Waals surface area contributed by atoms with Gasteiger partial charge in [0.15, 0.2) is 0 Å². The summed E-state index contributed by atoms with van der Waals surface area (Å²) in [5.74, 6) is 2.59. The van der Waals surface area contributed by atoms with Crippen molar-refractivity contribution in [1.82, 2.24) is 0 Å². The van der Waals surface area contributed by atoms with Crippen molar-refractivity contribution in [2.24, 2.45) is 11.8 Å². The molecule has 3 rings (SSSR count). The molecule has 0 spiro atoms. The molecule has 0 radical (unpaired) electrons. The normalized spacial score (nSPS) is 24.6. The third kappa shape index (κ3) is 2.18. The number of benzene rings is 1. The average Bonchev–Trinajstić information content (AvgIpc) is 2.74. The number of allylic oxidation sites excluding steroid dienone is 4. The zero-order chi connectivity index (χ0) is 13.6. The second-order valence-corrected chi connectivity index (χ2v) is 6.69. The lowest BCUT2D eigenvalue weighted by Crippen LogP contribution is -2.09. The molecule has 0 aliphatic heterocycles. The van der Waals surface area contributed by atoms with Crippen LogP contribution in [0.5, 0.6) is 0 Å². The van der Waals surface area contributed by atoms with Crippen molar-refractivity contribution >= 4 is 0 Å². The Morgan fingerprint density at radius 3 is 2.53 bits per heavy atom. The van der Waals surface area contributed by atoms with Crippen LogP contribution < -0.4 is 0 Å². The Balaban J connectivity index is 1.94. The molecule has 2 aliphatic carbocycles. The predicted octanol–water partition coefficient (Wildman–Crippen LogP) is 5.22. The topological polar surface area (TPSA) is 0 Å². The van der Waals surface area contributed by atoms with Gasteiger partial charge in [0.2, 0.25) is 0 Å². The fraction of sp³-hybridized carbons (Fsp3) is 0.474. The predicted molar refractivity (Wildman–Crippen MR) is 82.5 cm³/mol. The standard InChI is InChI=1S/C19H24/c1-12(2)14-5-7-18-16(9-14)11-17-10-15(13(3)4)6-8-19(17)18/h5-10,12-13,16,18H,11H2,1-4H3. The molecule has 2 atom stereocenters. The maximum absolute atomic E-state index is 2.52. The molecule has 0 N–H and O–H groups in total. The minimum Gasteiger partial charge on any atom is -0.0767 e. The molecule has 0 nitrogen and oxygen atoms in total. The third-order valence-corrected chi connectivity index (χ3v) is 4.68. The molecule has 0 fully saturated rings. The van der Waals surface area contributed by atoms with Gasteiger partial charge in [-0.2, -0.15) is 0 Å². The fourth-order valence-corrected chi connectivity index (χ4v) is 3.41. The highest BCUT2D eigenvalue weighted by Crippen LogP contribution is 2.44. The van der Waals surface area contributed by atoms with E-state index in [1.165, 1.54) is 17.6 Å². The Kier molecular flexibility index (Phi) is 3.12. The summed E-state index contributed by atoms with van der Waals surface area (Å²) in [6, 6.07) is 7.13. The Labute approximate surface area is 117 Å². The largest absolute Gasteiger partial charge is 0.0767 e. The van der Waals surface area contributed by atoms with E-state index in [0.717, 1.165) is 0 Å². The molecule has 1 aromatic carbocycles. The molecule has 0 aromatic heterocycles. The molecule has 2 aliphatic rings. The first-order valence-corrected chi connectivity index (χ1v) is 7.59. The summed E-state index contributed by atoms with van der Waals surface area (Å²) in [5.41, 5.74) is 6.13. The lowest BCUT2D eigenvalue weighted by atomic mass is 9.83. The first-order valence-electron chi connectivity index (χ1n) is 7.59. The Bertz CT molecular complexity index is 543. The molecule has 19 heavy (non-hydrogen) atoms. The van der Waals surface area contributed by atoms with Gasteiger partial charge in [-0.15, -0.1) is 0 Å². The van der Waals surface area contributed by atoms with E-state index in [1.807, 2.05) is 0 Å². The van der Waals surface area contributed by atoms with Gasteiger partial charge in [-0.3, -0.25) is 0 Å². The molecule has 0 amide bonds. The van der Waals surface area contributed by atoms with Gasteiger partial charge >= 0.3 is 0 Å². The molecule has 1 aromatic rings. The Hall–Kier alpha value is -1.30. The van der Waals surface area contributed by atoms with Crippen molar-refractivity contribution in [2.75, 3.05) is 0 Å². The lowest BCUT2D eigenvalue weighted by Gasteiger charge is -2.21. The van der Waals surface area contributed by atoms with Crippen LogP contribution in [0.25, 0.3) is 0 Å². The molecular weight excluding hydrogens is 228 g/mol. The first kappa shape index (κ1) is 12.7. The molecule has 0 heteroatoms. The second kappa shape index (κ2) is 4.67. The van der Waals surface area contributed by atoms with Gasteiger partial charge in [0.1, 0.15) is 0 Å². The van der Waals surface area contributed by atoms with Crippen molar-refractivity contribution in [1.29, 1.82) is 0 Å². The van der Waals surface area contributed by atoms with E-state index in [2.05, 4.69) is 64.1 Å². The van der Waals surface area contributed by atoms with E-state index < -0.39 is 0 Å². The van der Waals surface area contributed by atoms with Gasteiger partial charge in [0.25, 0.3) is 0 Å². The maximum atomic E-state index is 2.52. The highest BCUT2D eigenvalue weighted by atomic mass is 14.4. The molecule has 2 unspecified atom stereocenters. The quantitative estimate of drug-likeness (QED) is 0.677. The van der Waals surface area contributed by atoms with Crippen LogP contribution in [0.15, 0.2) is 42.0 Å². The van der Waals surface area contributed by atoms with Gasteiger partial charge in [-0.1, -0.05) is 64.1 Å². The average molecular weight is 252 g/mol. The van der Waals surface area contributed by atoms with E-state index in [0.29, 0.717) is 23.7 Å². The SMILES string of the molecule is CC(C)C1=CC2Cc3cc(C(C)C)ccc3C2C=C1. The van der Waals surface area contributed by atoms with Gasteiger partial charge in [0.05, 0.1) is 0 Å². The van der Waals surface area contributed by atoms with E-state index in [-0.39, 0.29) is 0 Å². The van der Waals surface area contributed by atoms with E-state index >= 15 is 0 Å². The minimum atomic E-state index is 0.624. The second-order valence-electron chi connectivity index (χ2n) is 6.69. The van der Waals surface area contributed by atoms with Crippen LogP contribution >= 0.6 is 0 Å². The summed E-state index contributed by atoms with van der Waals surface area (Å²) in [6.07, 6.45) is 8.52. The van der Waals surface area contributed by atoms with Crippen LogP contribution in [0.2, 0.25) is 0 Å². The van der Waals surface area contributed by atoms with Crippen LogP contribution in [0.3, 0.4) is 0 Å². The van der Waals surface area contributed by atoms with Crippen LogP contribution in [-0.4, -0.2) is 0 Å². The Morgan fingerprint density at radius 2 is 1.84 bits per heavy atom. The van der Waals surface area contributed by atoms with Crippen molar-refractivity contribution in [3.05, 3.63) is 58.7 Å². The third-order valence-electron chi connectivity index (χ3n) is 4.68. The molecular formula is C19H24. The summed E-state index contributed by atoms with van der Waals surface area (Å²) < 4.78 is 0.